The van der Waals surface area contributed by atoms with Crippen molar-refractivity contribution in [3.8, 4) is 0 Å². The number of para-hydroxylation sites is 1. The molecule has 4 aromatic rings. The fraction of sp³-hybridized carbons (Fsp3) is 0.233. The summed E-state index contributed by atoms with van der Waals surface area (Å²) in [5, 5.41) is 6.27. The number of carbonyl (C=O) groups is 3. The van der Waals surface area contributed by atoms with Gasteiger partial charge in [-0.2, -0.15) is 4.31 Å². The Balaban J connectivity index is 1.33. The van der Waals surface area contributed by atoms with Crippen molar-refractivity contribution < 1.29 is 22.8 Å². The van der Waals surface area contributed by atoms with Gasteiger partial charge in [-0.25, -0.2) is 13.4 Å². The monoisotopic (exact) mass is 571 g/mol. The van der Waals surface area contributed by atoms with E-state index in [1.807, 2.05) is 42.5 Å². The zero-order valence-electron chi connectivity index (χ0n) is 22.1. The van der Waals surface area contributed by atoms with Crippen LogP contribution in [0.25, 0.3) is 10.9 Å². The number of nitrogens with zero attached hydrogens (tertiary/aromatic N) is 3. The van der Waals surface area contributed by atoms with Gasteiger partial charge in [0.1, 0.15) is 6.04 Å². The molecule has 2 atom stereocenters. The molecule has 0 aliphatic carbocycles. The van der Waals surface area contributed by atoms with E-state index in [0.29, 0.717) is 17.5 Å². The number of ketones is 1. The van der Waals surface area contributed by atoms with Crippen LogP contribution in [-0.2, 0) is 26.0 Å². The van der Waals surface area contributed by atoms with Crippen molar-refractivity contribution in [3.05, 3.63) is 102 Å². The van der Waals surface area contributed by atoms with E-state index in [-0.39, 0.29) is 31.0 Å². The molecule has 2 N–H and O–H groups in total. The van der Waals surface area contributed by atoms with Gasteiger partial charge in [0.2, 0.25) is 5.91 Å². The molecule has 1 fully saturated rings. The second-order valence-electron chi connectivity index (χ2n) is 9.77. The van der Waals surface area contributed by atoms with Gasteiger partial charge in [0, 0.05) is 30.7 Å². The Morgan fingerprint density at radius 3 is 2.46 bits per heavy atom. The number of rotatable bonds is 8. The van der Waals surface area contributed by atoms with Crippen LogP contribution in [0.3, 0.4) is 0 Å². The van der Waals surface area contributed by atoms with Gasteiger partial charge < -0.3 is 10.6 Å². The van der Waals surface area contributed by atoms with E-state index in [4.69, 9.17) is 0 Å². The lowest BCUT2D eigenvalue weighted by Gasteiger charge is -2.23. The first kappa shape index (κ1) is 28.1. The molecule has 2 aromatic carbocycles. The summed E-state index contributed by atoms with van der Waals surface area (Å²) in [5.74, 6) is -1.43. The van der Waals surface area contributed by atoms with Gasteiger partial charge in [-0.3, -0.25) is 19.4 Å². The van der Waals surface area contributed by atoms with Crippen molar-refractivity contribution in [2.45, 2.75) is 36.4 Å². The Bertz CT molecular complexity index is 1660. The predicted octanol–water partition coefficient (Wildman–Crippen LogP) is 2.51. The third-order valence-corrected chi connectivity index (χ3v) is 8.72. The highest BCUT2D eigenvalue weighted by Gasteiger charge is 2.35. The van der Waals surface area contributed by atoms with Crippen LogP contribution in [0.4, 0.5) is 0 Å². The molecule has 2 aromatic heterocycles. The smallest absolute Gasteiger partial charge is 0.260 e. The van der Waals surface area contributed by atoms with Crippen molar-refractivity contribution in [2.24, 2.45) is 0 Å². The molecule has 2 amide bonds. The number of hydrogen-bond donors (Lipinski definition) is 2. The van der Waals surface area contributed by atoms with E-state index in [1.54, 1.807) is 36.5 Å². The summed E-state index contributed by atoms with van der Waals surface area (Å²) in [6.07, 6.45) is 3.79. The molecular formula is C30H29N5O5S. The molecule has 210 valence electrons. The molecule has 0 bridgehead atoms. The number of hydrogen-bond acceptors (Lipinski definition) is 7. The average Bonchev–Trinajstić information content (AvgIpc) is 3.18. The fourth-order valence-corrected chi connectivity index (χ4v) is 6.22. The molecule has 10 nitrogen and oxygen atoms in total. The topological polar surface area (TPSA) is 138 Å². The molecule has 1 aliphatic heterocycles. The first-order valence-electron chi connectivity index (χ1n) is 13.3. The minimum atomic E-state index is -3.97. The number of fused-ring (bicyclic) bond motifs is 1. The van der Waals surface area contributed by atoms with Crippen LogP contribution in [0.5, 0.6) is 0 Å². The van der Waals surface area contributed by atoms with Gasteiger partial charge in [0.15, 0.2) is 10.8 Å². The highest BCUT2D eigenvalue weighted by molar-refractivity contribution is 7.89. The summed E-state index contributed by atoms with van der Waals surface area (Å²) in [5.41, 5.74) is 1.67. The number of amides is 2. The van der Waals surface area contributed by atoms with E-state index in [2.05, 4.69) is 20.6 Å². The number of aromatic nitrogens is 2. The Hall–Kier alpha value is -4.48. The second-order valence-corrected chi connectivity index (χ2v) is 11.7. The third kappa shape index (κ3) is 6.47. The van der Waals surface area contributed by atoms with Gasteiger partial charge in [0.05, 0.1) is 23.7 Å². The molecule has 2 unspecified atom stereocenters. The Morgan fingerprint density at radius 1 is 0.927 bits per heavy atom. The average molecular weight is 572 g/mol. The van der Waals surface area contributed by atoms with E-state index in [9.17, 15) is 22.8 Å². The molecule has 0 radical (unpaired) electrons. The van der Waals surface area contributed by atoms with E-state index in [0.717, 1.165) is 15.3 Å². The first-order chi connectivity index (χ1) is 19.8. The van der Waals surface area contributed by atoms with Crippen molar-refractivity contribution in [2.75, 3.05) is 13.1 Å². The Labute approximate surface area is 237 Å². The zero-order chi connectivity index (χ0) is 28.8. The maximum absolute atomic E-state index is 13.6. The van der Waals surface area contributed by atoms with Crippen LogP contribution in [-0.4, -0.2) is 65.5 Å². The Morgan fingerprint density at radius 2 is 1.68 bits per heavy atom. The molecule has 0 spiro atoms. The largest absolute Gasteiger partial charge is 0.344 e. The third-order valence-electron chi connectivity index (χ3n) is 6.96. The van der Waals surface area contributed by atoms with Gasteiger partial charge in [-0.15, -0.1) is 0 Å². The minimum Gasteiger partial charge on any atom is -0.344 e. The summed E-state index contributed by atoms with van der Waals surface area (Å²) in [7, 11) is -3.97. The first-order valence-corrected chi connectivity index (χ1v) is 14.7. The zero-order valence-corrected chi connectivity index (χ0v) is 23.0. The number of nitrogens with one attached hydrogen (secondary N) is 2. The highest BCUT2D eigenvalue weighted by atomic mass is 32.2. The summed E-state index contributed by atoms with van der Waals surface area (Å²) in [4.78, 5) is 48.4. The van der Waals surface area contributed by atoms with E-state index in [1.165, 1.54) is 12.3 Å². The summed E-state index contributed by atoms with van der Waals surface area (Å²) < 4.78 is 27.2. The molecule has 3 heterocycles. The molecular weight excluding hydrogens is 542 g/mol. The van der Waals surface area contributed by atoms with Crippen LogP contribution in [0, 0.1) is 0 Å². The number of carbonyl (C=O) groups excluding carboxylic acids is 3. The van der Waals surface area contributed by atoms with Gasteiger partial charge in [-0.1, -0.05) is 54.6 Å². The molecule has 41 heavy (non-hydrogen) atoms. The van der Waals surface area contributed by atoms with Crippen LogP contribution in [0.15, 0.2) is 96.3 Å². The Kier molecular flexibility index (Phi) is 8.46. The SMILES string of the molecule is O=C(NC(Cc1ccccc1)C(=O)NC1CCCN(S(=O)(=O)c2ccccn2)CC1=O)c1cccc2cccnc12. The lowest BCUT2D eigenvalue weighted by Crippen LogP contribution is -2.53. The van der Waals surface area contributed by atoms with Crippen molar-refractivity contribution in [1.29, 1.82) is 0 Å². The molecule has 5 rings (SSSR count). The summed E-state index contributed by atoms with van der Waals surface area (Å²) in [6.45, 7) is -0.267. The second kappa shape index (κ2) is 12.4. The highest BCUT2D eigenvalue weighted by Crippen LogP contribution is 2.19. The van der Waals surface area contributed by atoms with Crippen molar-refractivity contribution >= 4 is 38.5 Å². The van der Waals surface area contributed by atoms with Crippen LogP contribution >= 0.6 is 0 Å². The number of benzene rings is 2. The van der Waals surface area contributed by atoms with Crippen LogP contribution < -0.4 is 10.6 Å². The molecule has 0 saturated carbocycles. The van der Waals surface area contributed by atoms with Gasteiger partial charge in [0.25, 0.3) is 15.9 Å². The van der Waals surface area contributed by atoms with Gasteiger partial charge >= 0.3 is 0 Å². The maximum Gasteiger partial charge on any atom is 0.260 e. The predicted molar refractivity (Wildman–Crippen MR) is 152 cm³/mol. The normalized spacial score (nSPS) is 17.0. The maximum atomic E-state index is 13.6. The fourth-order valence-electron chi connectivity index (χ4n) is 4.84. The van der Waals surface area contributed by atoms with E-state index < -0.39 is 39.7 Å². The summed E-state index contributed by atoms with van der Waals surface area (Å²) >= 11 is 0. The quantitative estimate of drug-likeness (QED) is 0.331. The standard InChI is InChI=1S/C30H29N5O5S/c36-26-20-35(41(39,40)27-15-4-5-16-31-27)18-8-14-24(26)33-30(38)25(19-21-9-2-1-3-10-21)34-29(37)23-13-6-11-22-12-7-17-32-28(22)23/h1-7,9-13,15-17,24-25H,8,14,18-20H2,(H,33,38)(H,34,37). The van der Waals surface area contributed by atoms with Gasteiger partial charge in [-0.05, 0) is 42.7 Å². The van der Waals surface area contributed by atoms with Crippen molar-refractivity contribution in [1.82, 2.24) is 24.9 Å². The number of pyridine rings is 2. The van der Waals surface area contributed by atoms with Crippen LogP contribution in [0.1, 0.15) is 28.8 Å². The van der Waals surface area contributed by atoms with Crippen molar-refractivity contribution in [3.63, 3.8) is 0 Å². The molecule has 1 saturated heterocycles. The lowest BCUT2D eigenvalue weighted by atomic mass is 10.0. The minimum absolute atomic E-state index is 0.120. The van der Waals surface area contributed by atoms with Crippen LogP contribution in [0.2, 0.25) is 0 Å². The number of sulfonamides is 1. The summed E-state index contributed by atoms with van der Waals surface area (Å²) in [6, 6.07) is 20.8. The molecule has 1 aliphatic rings. The lowest BCUT2D eigenvalue weighted by molar-refractivity contribution is -0.128. The van der Waals surface area contributed by atoms with E-state index >= 15 is 0 Å². The molecule has 11 heteroatoms. The number of Topliss-reactive ketones (excluding diaryl/α,β-unsaturated/α-hetero) is 1.